The third-order valence-electron chi connectivity index (χ3n) is 3.49. The summed E-state index contributed by atoms with van der Waals surface area (Å²) in [4.78, 5) is 36.7. The first-order valence-electron chi connectivity index (χ1n) is 6.92. The zero-order valence-corrected chi connectivity index (χ0v) is 12.5. The maximum absolute atomic E-state index is 12.0. The summed E-state index contributed by atoms with van der Waals surface area (Å²) in [7, 11) is 1.29. The minimum absolute atomic E-state index is 0.0890. The Bertz CT molecular complexity index is 614. The molecule has 0 aliphatic carbocycles. The average molecular weight is 306 g/mol. The van der Waals surface area contributed by atoms with Gasteiger partial charge in [0.1, 0.15) is 0 Å². The Balaban J connectivity index is 2.21. The summed E-state index contributed by atoms with van der Waals surface area (Å²) in [6.45, 7) is 2.20. The lowest BCUT2D eigenvalue weighted by Crippen LogP contribution is -2.27. The Morgan fingerprint density at radius 2 is 2.14 bits per heavy atom. The predicted octanol–water partition coefficient (Wildman–Crippen LogP) is 0.971. The second-order valence-corrected chi connectivity index (χ2v) is 4.92. The van der Waals surface area contributed by atoms with E-state index in [-0.39, 0.29) is 31.2 Å². The van der Waals surface area contributed by atoms with Crippen LogP contribution in [0.3, 0.4) is 0 Å². The van der Waals surface area contributed by atoms with Crippen molar-refractivity contribution in [2.75, 3.05) is 30.9 Å². The van der Waals surface area contributed by atoms with Crippen molar-refractivity contribution in [3.63, 3.8) is 0 Å². The molecule has 1 saturated heterocycles. The highest BCUT2D eigenvalue weighted by molar-refractivity contribution is 6.02. The van der Waals surface area contributed by atoms with Crippen LogP contribution in [0.5, 0.6) is 0 Å². The topological polar surface area (TPSA) is 98.9 Å². The molecule has 0 radical (unpaired) electrons. The zero-order valence-electron chi connectivity index (χ0n) is 12.5. The summed E-state index contributed by atoms with van der Waals surface area (Å²) < 4.78 is 9.56. The van der Waals surface area contributed by atoms with Crippen molar-refractivity contribution < 1.29 is 23.9 Å². The SMILES string of the molecule is CCOC(=O)c1ccc(N2CC(C(=O)OC)CC2=O)c(N)c1. The van der Waals surface area contributed by atoms with Crippen molar-refractivity contribution in [1.29, 1.82) is 0 Å². The van der Waals surface area contributed by atoms with Crippen LogP contribution < -0.4 is 10.6 Å². The molecule has 22 heavy (non-hydrogen) atoms. The Hall–Kier alpha value is -2.57. The fraction of sp³-hybridized carbons (Fsp3) is 0.400. The lowest BCUT2D eigenvalue weighted by Gasteiger charge is -2.19. The van der Waals surface area contributed by atoms with Crippen molar-refractivity contribution >= 4 is 29.2 Å². The van der Waals surface area contributed by atoms with E-state index in [9.17, 15) is 14.4 Å². The molecule has 1 aromatic carbocycles. The standard InChI is InChI=1S/C15H18N2O5/c1-3-22-15(20)9-4-5-12(11(16)6-9)17-8-10(7-13(17)18)14(19)21-2/h4-6,10H,3,7-8,16H2,1-2H3. The van der Waals surface area contributed by atoms with E-state index < -0.39 is 17.9 Å². The van der Waals surface area contributed by atoms with Crippen LogP contribution >= 0.6 is 0 Å². The number of benzene rings is 1. The molecule has 7 heteroatoms. The van der Waals surface area contributed by atoms with Crippen molar-refractivity contribution in [1.82, 2.24) is 0 Å². The fourth-order valence-electron chi connectivity index (χ4n) is 2.41. The van der Waals surface area contributed by atoms with Crippen molar-refractivity contribution in [3.8, 4) is 0 Å². The van der Waals surface area contributed by atoms with Gasteiger partial charge in [-0.2, -0.15) is 0 Å². The van der Waals surface area contributed by atoms with Gasteiger partial charge in [-0.05, 0) is 25.1 Å². The van der Waals surface area contributed by atoms with Gasteiger partial charge in [0.2, 0.25) is 5.91 Å². The van der Waals surface area contributed by atoms with Crippen LogP contribution in [0.1, 0.15) is 23.7 Å². The normalized spacial score (nSPS) is 17.5. The highest BCUT2D eigenvalue weighted by Crippen LogP contribution is 2.31. The van der Waals surface area contributed by atoms with Crippen molar-refractivity contribution in [2.24, 2.45) is 5.92 Å². The molecule has 1 heterocycles. The molecule has 0 spiro atoms. The van der Waals surface area contributed by atoms with Gasteiger partial charge in [0, 0.05) is 13.0 Å². The lowest BCUT2D eigenvalue weighted by atomic mass is 10.1. The van der Waals surface area contributed by atoms with E-state index in [4.69, 9.17) is 10.5 Å². The number of hydrogen-bond acceptors (Lipinski definition) is 6. The van der Waals surface area contributed by atoms with Crippen LogP contribution in [0.25, 0.3) is 0 Å². The minimum Gasteiger partial charge on any atom is -0.469 e. The summed E-state index contributed by atoms with van der Waals surface area (Å²) in [6, 6.07) is 4.59. The second-order valence-electron chi connectivity index (χ2n) is 4.92. The van der Waals surface area contributed by atoms with E-state index >= 15 is 0 Å². The molecule has 1 aromatic rings. The molecule has 0 bridgehead atoms. The Morgan fingerprint density at radius 1 is 1.41 bits per heavy atom. The van der Waals surface area contributed by atoms with Gasteiger partial charge in [-0.25, -0.2) is 4.79 Å². The number of rotatable bonds is 4. The number of methoxy groups -OCH3 is 1. The highest BCUT2D eigenvalue weighted by atomic mass is 16.5. The molecule has 0 aromatic heterocycles. The first-order valence-corrected chi connectivity index (χ1v) is 6.92. The quantitative estimate of drug-likeness (QED) is 0.657. The number of carbonyl (C=O) groups is 3. The highest BCUT2D eigenvalue weighted by Gasteiger charge is 2.36. The Labute approximate surface area is 128 Å². The first-order chi connectivity index (χ1) is 10.5. The second kappa shape index (κ2) is 6.46. The van der Waals surface area contributed by atoms with Gasteiger partial charge in [-0.15, -0.1) is 0 Å². The van der Waals surface area contributed by atoms with Crippen LogP contribution in [0.2, 0.25) is 0 Å². The molecule has 1 aliphatic heterocycles. The van der Waals surface area contributed by atoms with Gasteiger partial charge in [0.05, 0.1) is 36.6 Å². The molecular formula is C15H18N2O5. The molecule has 1 amide bonds. The van der Waals surface area contributed by atoms with E-state index in [0.717, 1.165) is 0 Å². The van der Waals surface area contributed by atoms with Gasteiger partial charge in [0.25, 0.3) is 0 Å². The Morgan fingerprint density at radius 3 is 2.73 bits per heavy atom. The average Bonchev–Trinajstić information content (AvgIpc) is 2.88. The van der Waals surface area contributed by atoms with Crippen LogP contribution in [0.4, 0.5) is 11.4 Å². The number of hydrogen-bond donors (Lipinski definition) is 1. The molecule has 7 nitrogen and oxygen atoms in total. The summed E-state index contributed by atoms with van der Waals surface area (Å²) in [6.07, 6.45) is 0.0890. The summed E-state index contributed by atoms with van der Waals surface area (Å²) >= 11 is 0. The number of carbonyl (C=O) groups excluding carboxylic acids is 3. The zero-order chi connectivity index (χ0) is 16.3. The van der Waals surface area contributed by atoms with Gasteiger partial charge >= 0.3 is 11.9 Å². The van der Waals surface area contributed by atoms with Crippen LogP contribution in [0, 0.1) is 5.92 Å². The number of anilines is 2. The van der Waals surface area contributed by atoms with E-state index in [2.05, 4.69) is 4.74 Å². The molecule has 1 fully saturated rings. The maximum Gasteiger partial charge on any atom is 0.338 e. The van der Waals surface area contributed by atoms with Crippen LogP contribution in [-0.4, -0.2) is 38.1 Å². The van der Waals surface area contributed by atoms with E-state index in [1.807, 2.05) is 0 Å². The fourth-order valence-corrected chi connectivity index (χ4v) is 2.41. The lowest BCUT2D eigenvalue weighted by molar-refractivity contribution is -0.145. The summed E-state index contributed by atoms with van der Waals surface area (Å²) in [5.41, 5.74) is 7.01. The van der Waals surface area contributed by atoms with Gasteiger partial charge in [0.15, 0.2) is 0 Å². The molecule has 0 saturated carbocycles. The Kier molecular flexibility index (Phi) is 4.65. The number of nitrogens with two attached hydrogens (primary N) is 1. The van der Waals surface area contributed by atoms with Crippen molar-refractivity contribution in [2.45, 2.75) is 13.3 Å². The monoisotopic (exact) mass is 306 g/mol. The minimum atomic E-state index is -0.498. The number of ether oxygens (including phenoxy) is 2. The van der Waals surface area contributed by atoms with Crippen LogP contribution in [-0.2, 0) is 19.1 Å². The molecule has 1 aliphatic rings. The smallest absolute Gasteiger partial charge is 0.338 e. The molecule has 2 rings (SSSR count). The molecule has 1 unspecified atom stereocenters. The van der Waals surface area contributed by atoms with Gasteiger partial charge < -0.3 is 20.1 Å². The van der Waals surface area contributed by atoms with Gasteiger partial charge in [-0.3, -0.25) is 9.59 Å². The number of esters is 2. The molecule has 1 atom stereocenters. The van der Waals surface area contributed by atoms with E-state index in [1.54, 1.807) is 19.1 Å². The molecular weight excluding hydrogens is 288 g/mol. The van der Waals surface area contributed by atoms with Crippen molar-refractivity contribution in [3.05, 3.63) is 23.8 Å². The number of nitrogen functional groups attached to an aromatic ring is 1. The number of amides is 1. The third kappa shape index (κ3) is 3.03. The third-order valence-corrected chi connectivity index (χ3v) is 3.49. The van der Waals surface area contributed by atoms with E-state index in [1.165, 1.54) is 18.1 Å². The van der Waals surface area contributed by atoms with E-state index in [0.29, 0.717) is 11.3 Å². The summed E-state index contributed by atoms with van der Waals surface area (Å²) in [5.74, 6) is -1.59. The maximum atomic E-state index is 12.0. The van der Waals surface area contributed by atoms with Crippen LogP contribution in [0.15, 0.2) is 18.2 Å². The largest absolute Gasteiger partial charge is 0.469 e. The molecule has 118 valence electrons. The summed E-state index contributed by atoms with van der Waals surface area (Å²) in [5, 5.41) is 0. The molecule has 2 N–H and O–H groups in total. The first kappa shape index (κ1) is 15.8. The number of nitrogens with zero attached hydrogens (tertiary/aromatic N) is 1. The van der Waals surface area contributed by atoms with Gasteiger partial charge in [-0.1, -0.05) is 0 Å². The predicted molar refractivity (Wildman–Crippen MR) is 79.3 cm³/mol.